The van der Waals surface area contributed by atoms with E-state index in [4.69, 9.17) is 21.3 Å². The third-order valence-corrected chi connectivity index (χ3v) is 7.26. The molecule has 10 heteroatoms. The van der Waals surface area contributed by atoms with Gasteiger partial charge in [-0.2, -0.15) is 0 Å². The summed E-state index contributed by atoms with van der Waals surface area (Å²) in [6.45, 7) is 3.36. The number of para-hydroxylation sites is 1. The van der Waals surface area contributed by atoms with E-state index >= 15 is 0 Å². The Morgan fingerprint density at radius 2 is 2.05 bits per heavy atom. The highest BCUT2D eigenvalue weighted by molar-refractivity contribution is 6.33. The van der Waals surface area contributed by atoms with E-state index in [9.17, 15) is 4.79 Å². The van der Waals surface area contributed by atoms with Crippen molar-refractivity contribution in [1.82, 2.24) is 19.4 Å². The second-order valence-corrected chi connectivity index (χ2v) is 10.2. The highest BCUT2D eigenvalue weighted by Crippen LogP contribution is 2.38. The van der Waals surface area contributed by atoms with E-state index in [0.717, 1.165) is 58.8 Å². The maximum atomic E-state index is 12.0. The Kier molecular flexibility index (Phi) is 7.14. The summed E-state index contributed by atoms with van der Waals surface area (Å²) < 4.78 is 7.57. The fraction of sp³-hybridized carbons (Fsp3) is 0.321. The number of carbonyl (C=O) groups is 1. The number of nitrogens with zero attached hydrogens (tertiary/aromatic N) is 5. The van der Waals surface area contributed by atoms with Gasteiger partial charge in [-0.05, 0) is 44.8 Å². The van der Waals surface area contributed by atoms with Gasteiger partial charge in [0.15, 0.2) is 0 Å². The third-order valence-electron chi connectivity index (χ3n) is 6.98. The van der Waals surface area contributed by atoms with Crippen molar-refractivity contribution >= 4 is 51.4 Å². The first-order valence-electron chi connectivity index (χ1n) is 12.5. The molecule has 1 aliphatic heterocycles. The first-order chi connectivity index (χ1) is 18.2. The average Bonchev–Trinajstić information content (AvgIpc) is 3.50. The van der Waals surface area contributed by atoms with Crippen molar-refractivity contribution in [3.8, 4) is 17.0 Å². The van der Waals surface area contributed by atoms with E-state index < -0.39 is 0 Å². The van der Waals surface area contributed by atoms with Crippen LogP contribution in [0.25, 0.3) is 22.2 Å². The molecule has 1 atom stereocenters. The molecule has 198 valence electrons. The number of fused-ring (bicyclic) bond motifs is 1. The lowest BCUT2D eigenvalue weighted by Gasteiger charge is -2.24. The molecule has 0 unspecified atom stereocenters. The van der Waals surface area contributed by atoms with Gasteiger partial charge in [0.05, 0.1) is 40.9 Å². The summed E-state index contributed by atoms with van der Waals surface area (Å²) >= 11 is 6.58. The summed E-state index contributed by atoms with van der Waals surface area (Å²) in [4.78, 5) is 25.7. The Hall–Kier alpha value is -3.82. The first-order valence-corrected chi connectivity index (χ1v) is 12.9. The number of methoxy groups -OCH3 is 1. The van der Waals surface area contributed by atoms with Gasteiger partial charge in [0.1, 0.15) is 5.75 Å². The van der Waals surface area contributed by atoms with Crippen LogP contribution in [0.1, 0.15) is 13.3 Å². The van der Waals surface area contributed by atoms with Gasteiger partial charge in [-0.3, -0.25) is 4.79 Å². The van der Waals surface area contributed by atoms with Gasteiger partial charge >= 0.3 is 0 Å². The number of ether oxygens (including phenoxy) is 1. The number of hydrogen-bond donors (Lipinski definition) is 2. The van der Waals surface area contributed by atoms with E-state index in [2.05, 4.69) is 39.5 Å². The second kappa shape index (κ2) is 10.5. The number of aromatic nitrogens is 3. The van der Waals surface area contributed by atoms with Crippen molar-refractivity contribution in [1.29, 1.82) is 0 Å². The number of likely N-dealkylation sites (N-methyl/N-ethyl adjacent to an activating group) is 1. The normalized spacial score (nSPS) is 15.3. The Labute approximate surface area is 227 Å². The second-order valence-electron chi connectivity index (χ2n) is 9.79. The highest BCUT2D eigenvalue weighted by atomic mass is 35.5. The molecule has 4 aromatic rings. The molecule has 0 radical (unpaired) electrons. The number of carbonyl (C=O) groups excluding carboxylic acids is 1. The van der Waals surface area contributed by atoms with Crippen LogP contribution < -0.4 is 20.3 Å². The average molecular weight is 534 g/mol. The van der Waals surface area contributed by atoms with Crippen LogP contribution in [0.4, 0.5) is 23.0 Å². The molecule has 1 fully saturated rings. The van der Waals surface area contributed by atoms with Crippen molar-refractivity contribution in [2.24, 2.45) is 7.05 Å². The molecule has 38 heavy (non-hydrogen) atoms. The molecule has 1 saturated heterocycles. The Morgan fingerprint density at radius 1 is 1.24 bits per heavy atom. The predicted octanol–water partition coefficient (Wildman–Crippen LogP) is 5.14. The number of rotatable bonds is 7. The Bertz CT molecular complexity index is 1500. The quantitative estimate of drug-likeness (QED) is 0.340. The van der Waals surface area contributed by atoms with Crippen LogP contribution in [0.2, 0.25) is 5.02 Å². The lowest BCUT2D eigenvalue weighted by atomic mass is 10.1. The number of aryl methyl sites for hydroxylation is 1. The van der Waals surface area contributed by atoms with E-state index in [0.29, 0.717) is 22.7 Å². The third kappa shape index (κ3) is 4.99. The molecule has 0 spiro atoms. The first kappa shape index (κ1) is 25.8. The number of anilines is 4. The smallest absolute Gasteiger partial charge is 0.227 e. The lowest BCUT2D eigenvalue weighted by molar-refractivity contribution is -0.114. The highest BCUT2D eigenvalue weighted by Gasteiger charge is 2.26. The van der Waals surface area contributed by atoms with Crippen molar-refractivity contribution in [3.05, 3.63) is 53.8 Å². The molecule has 0 aliphatic carbocycles. The van der Waals surface area contributed by atoms with Gasteiger partial charge < -0.3 is 29.7 Å². The maximum Gasteiger partial charge on any atom is 0.227 e. The molecule has 9 nitrogen and oxygen atoms in total. The molecule has 3 heterocycles. The summed E-state index contributed by atoms with van der Waals surface area (Å²) in [6, 6.07) is 12.3. The molecule has 5 rings (SSSR count). The van der Waals surface area contributed by atoms with Gasteiger partial charge in [-0.15, -0.1) is 0 Å². The van der Waals surface area contributed by atoms with Crippen LogP contribution >= 0.6 is 11.6 Å². The standard InChI is InChI=1S/C28H32ClN7O2/c1-17(37)31-23-13-18(9-10-24(23)36-12-11-19(15-36)34(2)3)32-28-30-14-22(29)26(33-28)21-16-35(4)27-20(21)7-6-8-25(27)38-5/h6-10,13-14,16,19H,11-12,15H2,1-5H3,(H,31,37)(H,30,32,33)/t19-/m0/s1. The number of amides is 1. The van der Waals surface area contributed by atoms with Gasteiger partial charge in [0.2, 0.25) is 11.9 Å². The zero-order chi connectivity index (χ0) is 27.0. The zero-order valence-electron chi connectivity index (χ0n) is 22.2. The van der Waals surface area contributed by atoms with Gasteiger partial charge in [-0.1, -0.05) is 23.7 Å². The predicted molar refractivity (Wildman–Crippen MR) is 154 cm³/mol. The molecule has 2 aromatic carbocycles. The fourth-order valence-electron chi connectivity index (χ4n) is 5.09. The molecular formula is C28H32ClN7O2. The van der Waals surface area contributed by atoms with Crippen molar-refractivity contribution in [3.63, 3.8) is 0 Å². The molecule has 0 saturated carbocycles. The largest absolute Gasteiger partial charge is 0.495 e. The summed E-state index contributed by atoms with van der Waals surface area (Å²) in [7, 11) is 7.83. The monoisotopic (exact) mass is 533 g/mol. The molecule has 2 aromatic heterocycles. The molecular weight excluding hydrogens is 502 g/mol. The molecule has 0 bridgehead atoms. The van der Waals surface area contributed by atoms with Crippen molar-refractivity contribution in [2.45, 2.75) is 19.4 Å². The van der Waals surface area contributed by atoms with Crippen LogP contribution in [0.3, 0.4) is 0 Å². The minimum atomic E-state index is -0.122. The molecule has 2 N–H and O–H groups in total. The Morgan fingerprint density at radius 3 is 2.76 bits per heavy atom. The maximum absolute atomic E-state index is 12.0. The van der Waals surface area contributed by atoms with Crippen LogP contribution in [-0.4, -0.2) is 65.7 Å². The SMILES string of the molecule is COc1cccc2c(-c3nc(Nc4ccc(N5CC[C@H](N(C)C)C5)c(NC(C)=O)c4)ncc3Cl)cn(C)c12. The zero-order valence-corrected chi connectivity index (χ0v) is 23.0. The summed E-state index contributed by atoms with van der Waals surface area (Å²) in [6.07, 6.45) is 4.67. The number of hydrogen-bond acceptors (Lipinski definition) is 7. The molecule has 1 amide bonds. The van der Waals surface area contributed by atoms with E-state index in [1.165, 1.54) is 6.92 Å². The van der Waals surface area contributed by atoms with Crippen molar-refractivity contribution in [2.75, 3.05) is 49.8 Å². The summed E-state index contributed by atoms with van der Waals surface area (Å²) in [5, 5.41) is 7.71. The number of nitrogens with one attached hydrogen (secondary N) is 2. The van der Waals surface area contributed by atoms with Gasteiger partial charge in [-0.25, -0.2) is 9.97 Å². The minimum Gasteiger partial charge on any atom is -0.495 e. The summed E-state index contributed by atoms with van der Waals surface area (Å²) in [5.41, 5.74) is 4.97. The Balaban J connectivity index is 1.47. The van der Waals surface area contributed by atoms with E-state index in [1.54, 1.807) is 13.3 Å². The van der Waals surface area contributed by atoms with Crippen LogP contribution in [0, 0.1) is 0 Å². The topological polar surface area (TPSA) is 87.6 Å². The number of halogens is 1. The van der Waals surface area contributed by atoms with Crippen LogP contribution in [0.15, 0.2) is 48.8 Å². The minimum absolute atomic E-state index is 0.122. The van der Waals surface area contributed by atoms with Crippen LogP contribution in [0.5, 0.6) is 5.75 Å². The van der Waals surface area contributed by atoms with Gasteiger partial charge in [0, 0.05) is 55.9 Å². The summed E-state index contributed by atoms with van der Waals surface area (Å²) in [5.74, 6) is 1.06. The van der Waals surface area contributed by atoms with Crippen LogP contribution in [-0.2, 0) is 11.8 Å². The van der Waals surface area contributed by atoms with Crippen molar-refractivity contribution < 1.29 is 9.53 Å². The van der Waals surface area contributed by atoms with Gasteiger partial charge in [0.25, 0.3) is 0 Å². The number of benzene rings is 2. The van der Waals surface area contributed by atoms with E-state index in [1.807, 2.05) is 54.2 Å². The lowest BCUT2D eigenvalue weighted by Crippen LogP contribution is -2.31. The molecule has 1 aliphatic rings. The fourth-order valence-corrected chi connectivity index (χ4v) is 5.28. The van der Waals surface area contributed by atoms with E-state index in [-0.39, 0.29) is 5.91 Å².